The third-order valence-electron chi connectivity index (χ3n) is 3.97. The molecule has 0 saturated carbocycles. The number of benzene rings is 2. The van der Waals surface area contributed by atoms with Gasteiger partial charge in [0.25, 0.3) is 5.91 Å². The molecule has 0 radical (unpaired) electrons. The van der Waals surface area contributed by atoms with Crippen LogP contribution in [-0.2, 0) is 19.6 Å². The topological polar surface area (TPSA) is 122 Å². The van der Waals surface area contributed by atoms with Gasteiger partial charge >= 0.3 is 12.0 Å². The average Bonchev–Trinajstić information content (AvgIpc) is 2.72. The monoisotopic (exact) mass is 453 g/mol. The number of imide groups is 1. The van der Waals surface area contributed by atoms with Gasteiger partial charge in [0.2, 0.25) is 16.1 Å². The first kappa shape index (κ1) is 23.3. The van der Waals surface area contributed by atoms with E-state index in [0.29, 0.717) is 5.56 Å². The van der Waals surface area contributed by atoms with E-state index in [0.717, 1.165) is 10.4 Å². The van der Waals surface area contributed by atoms with Gasteiger partial charge in [0, 0.05) is 26.7 Å². The molecule has 9 nitrogen and oxygen atoms in total. The lowest BCUT2D eigenvalue weighted by Crippen LogP contribution is -2.41. The van der Waals surface area contributed by atoms with Crippen molar-refractivity contribution >= 4 is 39.5 Å². The van der Waals surface area contributed by atoms with Crippen molar-refractivity contribution in [1.29, 1.82) is 0 Å². The zero-order valence-corrected chi connectivity index (χ0v) is 18.0. The number of sulfonamides is 1. The van der Waals surface area contributed by atoms with Gasteiger partial charge in [-0.05, 0) is 18.2 Å². The molecule has 2 N–H and O–H groups in total. The number of urea groups is 1. The normalized spacial score (nSPS) is 12.2. The highest BCUT2D eigenvalue weighted by Gasteiger charge is 2.29. The van der Waals surface area contributed by atoms with E-state index in [4.69, 9.17) is 16.3 Å². The summed E-state index contributed by atoms with van der Waals surface area (Å²) in [7, 11) is 0.178. The smallest absolute Gasteiger partial charge is 0.340 e. The van der Waals surface area contributed by atoms with Crippen LogP contribution in [0.1, 0.15) is 22.0 Å². The van der Waals surface area contributed by atoms with Crippen LogP contribution in [-0.4, -0.2) is 51.8 Å². The lowest BCUT2D eigenvalue weighted by molar-refractivity contribution is -0.129. The number of esters is 1. The first-order chi connectivity index (χ1) is 14.1. The van der Waals surface area contributed by atoms with E-state index in [1.165, 1.54) is 45.4 Å². The van der Waals surface area contributed by atoms with Crippen molar-refractivity contribution in [2.45, 2.75) is 11.0 Å². The van der Waals surface area contributed by atoms with Gasteiger partial charge in [-0.3, -0.25) is 10.1 Å². The van der Waals surface area contributed by atoms with Crippen molar-refractivity contribution in [3.8, 4) is 0 Å². The first-order valence-corrected chi connectivity index (χ1v) is 10.4. The van der Waals surface area contributed by atoms with Crippen LogP contribution in [0, 0.1) is 0 Å². The SMILES string of the molecule is CNC(=O)NC(=O)[C@@H](OC(=O)c1cc(S(=O)(=O)N(C)C)ccc1Cl)c1ccccc1. The van der Waals surface area contributed by atoms with Crippen molar-refractivity contribution in [3.63, 3.8) is 0 Å². The van der Waals surface area contributed by atoms with Crippen molar-refractivity contribution in [2.24, 2.45) is 0 Å². The van der Waals surface area contributed by atoms with Crippen LogP contribution >= 0.6 is 11.6 Å². The number of ether oxygens (including phenoxy) is 1. The first-order valence-electron chi connectivity index (χ1n) is 8.58. The summed E-state index contributed by atoms with van der Waals surface area (Å²) >= 11 is 6.06. The van der Waals surface area contributed by atoms with Gasteiger partial charge in [0.1, 0.15) is 0 Å². The van der Waals surface area contributed by atoms with Gasteiger partial charge in [-0.25, -0.2) is 22.3 Å². The number of carbonyl (C=O) groups excluding carboxylic acids is 3. The zero-order chi connectivity index (χ0) is 22.5. The highest BCUT2D eigenvalue weighted by molar-refractivity contribution is 7.89. The fourth-order valence-corrected chi connectivity index (χ4v) is 3.47. The number of amides is 3. The summed E-state index contributed by atoms with van der Waals surface area (Å²) in [6, 6.07) is 10.8. The fraction of sp³-hybridized carbons (Fsp3) is 0.211. The van der Waals surface area contributed by atoms with Crippen LogP contribution in [0.5, 0.6) is 0 Å². The molecule has 2 aromatic rings. The summed E-state index contributed by atoms with van der Waals surface area (Å²) in [4.78, 5) is 36.6. The summed E-state index contributed by atoms with van der Waals surface area (Å²) in [5, 5.41) is 4.22. The Labute approximate surface area is 179 Å². The third kappa shape index (κ3) is 5.35. The number of halogens is 1. The zero-order valence-electron chi connectivity index (χ0n) is 16.4. The minimum Gasteiger partial charge on any atom is -0.444 e. The average molecular weight is 454 g/mol. The molecule has 30 heavy (non-hydrogen) atoms. The largest absolute Gasteiger partial charge is 0.444 e. The lowest BCUT2D eigenvalue weighted by atomic mass is 10.1. The number of nitrogens with zero attached hydrogens (tertiary/aromatic N) is 1. The third-order valence-corrected chi connectivity index (χ3v) is 6.11. The number of hydrogen-bond acceptors (Lipinski definition) is 6. The molecule has 2 rings (SSSR count). The van der Waals surface area contributed by atoms with Gasteiger partial charge < -0.3 is 10.1 Å². The Morgan fingerprint density at radius 1 is 1.07 bits per heavy atom. The van der Waals surface area contributed by atoms with E-state index in [1.54, 1.807) is 18.2 Å². The van der Waals surface area contributed by atoms with Crippen LogP contribution in [0.2, 0.25) is 5.02 Å². The molecular formula is C19H20ClN3O6S. The number of rotatable bonds is 6. The lowest BCUT2D eigenvalue weighted by Gasteiger charge is -2.18. The summed E-state index contributed by atoms with van der Waals surface area (Å²) < 4.78 is 31.0. The molecule has 0 aliphatic heterocycles. The Kier molecular flexibility index (Phi) is 7.54. The number of nitrogens with one attached hydrogen (secondary N) is 2. The Morgan fingerprint density at radius 3 is 2.27 bits per heavy atom. The number of carbonyl (C=O) groups is 3. The highest BCUT2D eigenvalue weighted by atomic mass is 35.5. The molecule has 3 amide bonds. The second-order valence-electron chi connectivity index (χ2n) is 6.19. The molecule has 0 aliphatic carbocycles. The Bertz CT molecular complexity index is 1060. The van der Waals surface area contributed by atoms with Gasteiger partial charge in [-0.2, -0.15) is 0 Å². The van der Waals surface area contributed by atoms with Gasteiger partial charge in [-0.1, -0.05) is 41.9 Å². The molecule has 1 atom stereocenters. The summed E-state index contributed by atoms with van der Waals surface area (Å²) in [6.45, 7) is 0. The molecule has 2 aromatic carbocycles. The fourth-order valence-electron chi connectivity index (χ4n) is 2.34. The van der Waals surface area contributed by atoms with E-state index in [2.05, 4.69) is 5.32 Å². The molecule has 0 spiro atoms. The van der Waals surface area contributed by atoms with Crippen molar-refractivity contribution in [2.75, 3.05) is 21.1 Å². The van der Waals surface area contributed by atoms with E-state index in [1.807, 2.05) is 5.32 Å². The van der Waals surface area contributed by atoms with E-state index >= 15 is 0 Å². The van der Waals surface area contributed by atoms with Crippen molar-refractivity contribution in [3.05, 3.63) is 64.7 Å². The van der Waals surface area contributed by atoms with Crippen LogP contribution in [0.3, 0.4) is 0 Å². The minimum absolute atomic E-state index is 0.0590. The van der Waals surface area contributed by atoms with Gasteiger partial charge in [0.15, 0.2) is 0 Å². The summed E-state index contributed by atoms with van der Waals surface area (Å²) in [5.74, 6) is -1.92. The maximum Gasteiger partial charge on any atom is 0.340 e. The Morgan fingerprint density at radius 2 is 1.70 bits per heavy atom. The molecular weight excluding hydrogens is 434 g/mol. The molecule has 0 bridgehead atoms. The van der Waals surface area contributed by atoms with Crippen LogP contribution in [0.15, 0.2) is 53.4 Å². The molecule has 0 fully saturated rings. The van der Waals surface area contributed by atoms with Gasteiger partial charge in [0.05, 0.1) is 15.5 Å². The molecule has 0 saturated heterocycles. The van der Waals surface area contributed by atoms with Crippen LogP contribution in [0.4, 0.5) is 4.79 Å². The molecule has 0 aromatic heterocycles. The summed E-state index contributed by atoms with van der Waals surface area (Å²) in [5.41, 5.74) is 0.0636. The van der Waals surface area contributed by atoms with Crippen molar-refractivity contribution < 1.29 is 27.5 Å². The second kappa shape index (κ2) is 9.70. The molecule has 0 heterocycles. The molecule has 11 heteroatoms. The molecule has 0 unspecified atom stereocenters. The van der Waals surface area contributed by atoms with Crippen LogP contribution in [0.25, 0.3) is 0 Å². The maximum atomic E-state index is 12.8. The Hall–Kier alpha value is -2.95. The predicted molar refractivity (Wildman–Crippen MR) is 110 cm³/mol. The maximum absolute atomic E-state index is 12.8. The summed E-state index contributed by atoms with van der Waals surface area (Å²) in [6.07, 6.45) is -1.47. The quantitative estimate of drug-likeness (QED) is 0.644. The highest BCUT2D eigenvalue weighted by Crippen LogP contribution is 2.26. The van der Waals surface area contributed by atoms with E-state index in [9.17, 15) is 22.8 Å². The standard InChI is InChI=1S/C19H20ClN3O6S/c1-21-19(26)22-17(24)16(12-7-5-4-6-8-12)29-18(25)14-11-13(9-10-15(14)20)30(27,28)23(2)3/h4-11,16H,1-3H3,(H2,21,22,24,26)/t16-/m0/s1. The van der Waals surface area contributed by atoms with Gasteiger partial charge in [-0.15, -0.1) is 0 Å². The minimum atomic E-state index is -3.83. The van der Waals surface area contributed by atoms with E-state index in [-0.39, 0.29) is 15.5 Å². The molecule has 0 aliphatic rings. The van der Waals surface area contributed by atoms with Crippen molar-refractivity contribution in [1.82, 2.24) is 14.9 Å². The predicted octanol–water partition coefficient (Wildman–Crippen LogP) is 1.94. The molecule has 160 valence electrons. The Balaban J connectivity index is 2.40. The van der Waals surface area contributed by atoms with Crippen LogP contribution < -0.4 is 10.6 Å². The second-order valence-corrected chi connectivity index (χ2v) is 8.75. The van der Waals surface area contributed by atoms with E-state index < -0.39 is 34.0 Å². The number of hydrogen-bond donors (Lipinski definition) is 2.